The lowest BCUT2D eigenvalue weighted by atomic mass is 10.1. The molecular weight excluding hydrogens is 230 g/mol. The molecule has 18 heavy (non-hydrogen) atoms. The number of ether oxygens (including phenoxy) is 1. The second-order valence-corrected chi connectivity index (χ2v) is 3.98. The third-order valence-corrected chi connectivity index (χ3v) is 2.45. The first-order valence-corrected chi connectivity index (χ1v) is 6.09. The lowest BCUT2D eigenvalue weighted by Crippen LogP contribution is -2.27. The normalized spacial score (nSPS) is 10.1. The van der Waals surface area contributed by atoms with E-state index in [-0.39, 0.29) is 5.91 Å². The summed E-state index contributed by atoms with van der Waals surface area (Å²) in [6.45, 7) is 3.87. The minimum atomic E-state index is -0.141. The van der Waals surface area contributed by atoms with Crippen LogP contribution in [0.25, 0.3) is 0 Å². The zero-order valence-electron chi connectivity index (χ0n) is 11.0. The van der Waals surface area contributed by atoms with Crippen LogP contribution in [-0.2, 0) is 4.74 Å². The largest absolute Gasteiger partial charge is 0.399 e. The van der Waals surface area contributed by atoms with Gasteiger partial charge < -0.3 is 21.1 Å². The highest BCUT2D eigenvalue weighted by atomic mass is 16.5. The Bertz CT molecular complexity index is 394. The monoisotopic (exact) mass is 251 g/mol. The van der Waals surface area contributed by atoms with Gasteiger partial charge in [-0.25, -0.2) is 0 Å². The van der Waals surface area contributed by atoms with Crippen molar-refractivity contribution in [2.45, 2.75) is 13.3 Å². The van der Waals surface area contributed by atoms with Crippen LogP contribution in [0.4, 0.5) is 11.4 Å². The van der Waals surface area contributed by atoms with E-state index in [1.165, 1.54) is 0 Å². The van der Waals surface area contributed by atoms with Crippen molar-refractivity contribution in [3.05, 3.63) is 23.8 Å². The first-order chi connectivity index (χ1) is 8.69. The summed E-state index contributed by atoms with van der Waals surface area (Å²) in [5, 5.41) is 6.00. The number of nitrogens with two attached hydrogens (primary N) is 1. The lowest BCUT2D eigenvalue weighted by Gasteiger charge is -2.12. The van der Waals surface area contributed by atoms with Crippen molar-refractivity contribution in [3.63, 3.8) is 0 Å². The molecule has 1 rings (SSSR count). The van der Waals surface area contributed by atoms with Gasteiger partial charge in [-0.3, -0.25) is 4.79 Å². The Morgan fingerprint density at radius 3 is 2.83 bits per heavy atom. The van der Waals surface area contributed by atoms with Crippen LogP contribution in [0.5, 0.6) is 0 Å². The molecular formula is C13H21N3O2. The fraction of sp³-hybridized carbons (Fsp3) is 0.462. The molecule has 0 aliphatic rings. The molecule has 0 fully saturated rings. The summed E-state index contributed by atoms with van der Waals surface area (Å²) in [4.78, 5) is 12.0. The van der Waals surface area contributed by atoms with E-state index >= 15 is 0 Å². The van der Waals surface area contributed by atoms with Crippen LogP contribution < -0.4 is 16.4 Å². The number of rotatable bonds is 7. The average molecular weight is 251 g/mol. The lowest BCUT2D eigenvalue weighted by molar-refractivity contribution is 0.0938. The van der Waals surface area contributed by atoms with Gasteiger partial charge in [0.05, 0.1) is 12.2 Å². The van der Waals surface area contributed by atoms with Gasteiger partial charge in [0.15, 0.2) is 0 Å². The van der Waals surface area contributed by atoms with E-state index in [0.717, 1.165) is 18.7 Å². The number of carbonyl (C=O) groups is 1. The summed E-state index contributed by atoms with van der Waals surface area (Å²) >= 11 is 0. The van der Waals surface area contributed by atoms with Crippen LogP contribution in [0.3, 0.4) is 0 Å². The molecule has 100 valence electrons. The number of hydrogen-bond acceptors (Lipinski definition) is 4. The summed E-state index contributed by atoms with van der Waals surface area (Å²) in [5.41, 5.74) is 7.67. The molecule has 0 unspecified atom stereocenters. The quantitative estimate of drug-likeness (QED) is 0.506. The Kier molecular flexibility index (Phi) is 6.00. The van der Waals surface area contributed by atoms with Gasteiger partial charge in [-0.1, -0.05) is 6.92 Å². The summed E-state index contributed by atoms with van der Waals surface area (Å²) < 4.78 is 4.89. The van der Waals surface area contributed by atoms with Crippen molar-refractivity contribution in [1.29, 1.82) is 0 Å². The molecule has 1 amide bonds. The van der Waals surface area contributed by atoms with E-state index in [4.69, 9.17) is 10.5 Å². The van der Waals surface area contributed by atoms with Gasteiger partial charge in [-0.15, -0.1) is 0 Å². The molecule has 0 radical (unpaired) electrons. The van der Waals surface area contributed by atoms with Gasteiger partial charge in [0.1, 0.15) is 0 Å². The van der Waals surface area contributed by atoms with Crippen molar-refractivity contribution in [2.24, 2.45) is 0 Å². The minimum Gasteiger partial charge on any atom is -0.399 e. The van der Waals surface area contributed by atoms with E-state index in [0.29, 0.717) is 24.4 Å². The molecule has 0 saturated carbocycles. The van der Waals surface area contributed by atoms with Crippen molar-refractivity contribution in [3.8, 4) is 0 Å². The minimum absolute atomic E-state index is 0.141. The zero-order valence-corrected chi connectivity index (χ0v) is 11.0. The van der Waals surface area contributed by atoms with E-state index in [1.54, 1.807) is 19.2 Å². The number of anilines is 2. The SMILES string of the molecule is CCCNc1ccc(N)cc1C(=O)NCCOC. The van der Waals surface area contributed by atoms with Gasteiger partial charge in [-0.2, -0.15) is 0 Å². The van der Waals surface area contributed by atoms with Crippen LogP contribution in [0.15, 0.2) is 18.2 Å². The standard InChI is InChI=1S/C13H21N3O2/c1-3-6-15-12-5-4-10(14)9-11(12)13(17)16-7-8-18-2/h4-5,9,15H,3,6-8,14H2,1-2H3,(H,16,17). The number of methoxy groups -OCH3 is 1. The first kappa shape index (κ1) is 14.3. The number of nitrogen functional groups attached to an aromatic ring is 1. The Labute approximate surface area is 108 Å². The van der Waals surface area contributed by atoms with Gasteiger partial charge >= 0.3 is 0 Å². The maximum atomic E-state index is 12.0. The summed E-state index contributed by atoms with van der Waals surface area (Å²) in [7, 11) is 1.60. The maximum Gasteiger partial charge on any atom is 0.253 e. The van der Waals surface area contributed by atoms with E-state index in [2.05, 4.69) is 17.6 Å². The van der Waals surface area contributed by atoms with Crippen LogP contribution in [-0.4, -0.2) is 32.7 Å². The topological polar surface area (TPSA) is 76.4 Å². The van der Waals surface area contributed by atoms with Crippen LogP contribution in [0.1, 0.15) is 23.7 Å². The van der Waals surface area contributed by atoms with Crippen molar-refractivity contribution in [1.82, 2.24) is 5.32 Å². The molecule has 5 heteroatoms. The molecule has 0 saturated heterocycles. The molecule has 0 spiro atoms. The van der Waals surface area contributed by atoms with E-state index in [9.17, 15) is 4.79 Å². The number of nitrogens with one attached hydrogen (secondary N) is 2. The third kappa shape index (κ3) is 4.25. The molecule has 0 atom stereocenters. The van der Waals surface area contributed by atoms with Gasteiger partial charge in [0.2, 0.25) is 0 Å². The second kappa shape index (κ2) is 7.55. The summed E-state index contributed by atoms with van der Waals surface area (Å²) in [6.07, 6.45) is 0.995. The van der Waals surface area contributed by atoms with Crippen LogP contribution in [0.2, 0.25) is 0 Å². The fourth-order valence-electron chi connectivity index (χ4n) is 1.53. The van der Waals surface area contributed by atoms with Crippen molar-refractivity contribution in [2.75, 3.05) is 37.9 Å². The molecule has 4 N–H and O–H groups in total. The smallest absolute Gasteiger partial charge is 0.253 e. The highest BCUT2D eigenvalue weighted by Crippen LogP contribution is 2.18. The summed E-state index contributed by atoms with van der Waals surface area (Å²) in [5.74, 6) is -0.141. The molecule has 0 aliphatic heterocycles. The third-order valence-electron chi connectivity index (χ3n) is 2.45. The average Bonchev–Trinajstić information content (AvgIpc) is 2.37. The van der Waals surface area contributed by atoms with Crippen LogP contribution in [0, 0.1) is 0 Å². The fourth-order valence-corrected chi connectivity index (χ4v) is 1.53. The molecule has 0 aromatic heterocycles. The molecule has 0 aliphatic carbocycles. The zero-order chi connectivity index (χ0) is 13.4. The van der Waals surface area contributed by atoms with Crippen molar-refractivity contribution >= 4 is 17.3 Å². The molecule has 1 aromatic rings. The van der Waals surface area contributed by atoms with E-state index in [1.807, 2.05) is 6.07 Å². The molecule has 1 aromatic carbocycles. The van der Waals surface area contributed by atoms with E-state index < -0.39 is 0 Å². The summed E-state index contributed by atoms with van der Waals surface area (Å²) in [6, 6.07) is 5.29. The Morgan fingerprint density at radius 2 is 2.17 bits per heavy atom. The highest BCUT2D eigenvalue weighted by molar-refractivity contribution is 6.00. The Hall–Kier alpha value is -1.75. The second-order valence-electron chi connectivity index (χ2n) is 3.98. The molecule has 5 nitrogen and oxygen atoms in total. The van der Waals surface area contributed by atoms with Crippen molar-refractivity contribution < 1.29 is 9.53 Å². The Morgan fingerprint density at radius 1 is 1.39 bits per heavy atom. The predicted molar refractivity (Wildman–Crippen MR) is 73.8 cm³/mol. The van der Waals surface area contributed by atoms with Gasteiger partial charge in [-0.05, 0) is 24.6 Å². The predicted octanol–water partition coefficient (Wildman–Crippen LogP) is 1.47. The van der Waals surface area contributed by atoms with Gasteiger partial charge in [0, 0.05) is 31.6 Å². The maximum absolute atomic E-state index is 12.0. The van der Waals surface area contributed by atoms with Gasteiger partial charge in [0.25, 0.3) is 5.91 Å². The number of hydrogen-bond donors (Lipinski definition) is 3. The molecule has 0 bridgehead atoms. The number of carbonyl (C=O) groups excluding carboxylic acids is 1. The molecule has 0 heterocycles. The Balaban J connectivity index is 2.76. The van der Waals surface area contributed by atoms with Crippen LogP contribution >= 0.6 is 0 Å². The number of benzene rings is 1. The highest BCUT2D eigenvalue weighted by Gasteiger charge is 2.11. The number of amides is 1. The first-order valence-electron chi connectivity index (χ1n) is 6.09.